The Hall–Kier alpha value is -2.63. The number of piperidine rings is 2. The van der Waals surface area contributed by atoms with Crippen LogP contribution in [0.15, 0.2) is 35.2 Å². The van der Waals surface area contributed by atoms with E-state index in [4.69, 9.17) is 4.74 Å². The monoisotopic (exact) mass is 561 g/mol. The van der Waals surface area contributed by atoms with E-state index in [0.717, 1.165) is 36.5 Å². The number of alkyl halides is 2. The number of aliphatic hydroxyl groups excluding tert-OH is 1. The highest BCUT2D eigenvalue weighted by Gasteiger charge is 2.44. The number of hydrogen-bond acceptors (Lipinski definition) is 8. The first-order chi connectivity index (χ1) is 18.7. The molecule has 0 unspecified atom stereocenters. The molecule has 1 aromatic carbocycles. The second-order valence-electron chi connectivity index (χ2n) is 11.0. The first-order valence-corrected chi connectivity index (χ1v) is 14.4. The van der Waals surface area contributed by atoms with Gasteiger partial charge in [0.05, 0.1) is 25.0 Å². The summed E-state index contributed by atoms with van der Waals surface area (Å²) in [5.41, 5.74) is 1.93. The van der Waals surface area contributed by atoms with Crippen molar-refractivity contribution in [2.45, 2.75) is 62.3 Å². The zero-order valence-corrected chi connectivity index (χ0v) is 23.3. The van der Waals surface area contributed by atoms with Gasteiger partial charge in [0.2, 0.25) is 0 Å². The summed E-state index contributed by atoms with van der Waals surface area (Å²) in [6.07, 6.45) is 4.36. The first-order valence-electron chi connectivity index (χ1n) is 13.6. The van der Waals surface area contributed by atoms with Crippen molar-refractivity contribution in [3.63, 3.8) is 0 Å². The molecule has 0 radical (unpaired) electrons. The number of halogens is 2. The Morgan fingerprint density at radius 1 is 1.08 bits per heavy atom. The van der Waals surface area contributed by atoms with Crippen LogP contribution in [0.5, 0.6) is 5.75 Å². The van der Waals surface area contributed by atoms with Gasteiger partial charge < -0.3 is 25.0 Å². The van der Waals surface area contributed by atoms with Gasteiger partial charge in [-0.25, -0.2) is 13.8 Å². The smallest absolute Gasteiger partial charge is 0.258 e. The molecule has 3 N–H and O–H groups in total. The normalized spacial score (nSPS) is 20.5. The second-order valence-corrected chi connectivity index (χ2v) is 11.9. The summed E-state index contributed by atoms with van der Waals surface area (Å²) in [4.78, 5) is 23.2. The number of carbonyl (C=O) groups is 1. The maximum Gasteiger partial charge on any atom is 0.258 e. The Morgan fingerprint density at radius 3 is 2.41 bits per heavy atom. The van der Waals surface area contributed by atoms with Crippen molar-refractivity contribution in [2.75, 3.05) is 55.0 Å². The quantitative estimate of drug-likeness (QED) is 0.371. The summed E-state index contributed by atoms with van der Waals surface area (Å²) in [5, 5.41) is 12.3. The van der Waals surface area contributed by atoms with Crippen molar-refractivity contribution >= 4 is 35.2 Å². The molecule has 11 heteroatoms. The van der Waals surface area contributed by atoms with Gasteiger partial charge >= 0.3 is 0 Å². The molecule has 3 aliphatic rings. The van der Waals surface area contributed by atoms with E-state index in [1.54, 1.807) is 17.0 Å². The SMILES string of the molecule is COc1ccc(NC(=O)c2ccc(SN[C@@H](C)CO)cc2N2CCC3(CC2)CC3)nc1N1CCC(F)(F)CC1. The largest absolute Gasteiger partial charge is 0.493 e. The van der Waals surface area contributed by atoms with Crippen molar-refractivity contribution < 1.29 is 23.4 Å². The Bertz CT molecular complexity index is 1180. The predicted octanol–water partition coefficient (Wildman–Crippen LogP) is 4.94. The Labute approximate surface area is 232 Å². The number of anilines is 3. The lowest BCUT2D eigenvalue weighted by molar-refractivity contribution is -0.0222. The van der Waals surface area contributed by atoms with Crippen LogP contribution in [0.3, 0.4) is 0 Å². The molecule has 1 saturated carbocycles. The van der Waals surface area contributed by atoms with Crippen LogP contribution in [0.4, 0.5) is 26.1 Å². The lowest BCUT2D eigenvalue weighted by atomic mass is 9.93. The zero-order valence-electron chi connectivity index (χ0n) is 22.5. The first kappa shape index (κ1) is 27.9. The summed E-state index contributed by atoms with van der Waals surface area (Å²) < 4.78 is 36.1. The molecular formula is C28H37F2N5O3S. The Balaban J connectivity index is 1.36. The fourth-order valence-electron chi connectivity index (χ4n) is 5.25. The van der Waals surface area contributed by atoms with Gasteiger partial charge in [-0.2, -0.15) is 0 Å². The number of methoxy groups -OCH3 is 1. The molecule has 5 rings (SSSR count). The molecule has 1 spiro atoms. The standard InChI is InChI=1S/C28H37F2N5O3S/c1-19(18-36)33-39-20-3-4-21(22(17-20)34-13-9-27(7-8-27)10-14-34)26(37)32-24-6-5-23(38-2)25(31-24)35-15-11-28(29,30)12-16-35/h3-6,17,19,33,36H,7-16,18H2,1-2H3,(H,31,32,37)/t19-/m0/s1. The Kier molecular flexibility index (Phi) is 8.21. The third kappa shape index (κ3) is 6.58. The number of nitrogens with one attached hydrogen (secondary N) is 2. The number of nitrogens with zero attached hydrogens (tertiary/aromatic N) is 3. The highest BCUT2D eigenvalue weighted by molar-refractivity contribution is 7.97. The maximum atomic E-state index is 13.7. The molecule has 2 saturated heterocycles. The molecule has 2 aliphatic heterocycles. The van der Waals surface area contributed by atoms with E-state index in [9.17, 15) is 18.7 Å². The fourth-order valence-corrected chi connectivity index (χ4v) is 5.97. The molecule has 1 amide bonds. The van der Waals surface area contributed by atoms with Crippen molar-refractivity contribution in [3.8, 4) is 5.75 Å². The fraction of sp³-hybridized carbons (Fsp3) is 0.571. The molecule has 1 atom stereocenters. The van der Waals surface area contributed by atoms with Crippen LogP contribution in [0, 0.1) is 5.41 Å². The summed E-state index contributed by atoms with van der Waals surface area (Å²) >= 11 is 1.44. The van der Waals surface area contributed by atoms with Gasteiger partial charge in [-0.15, -0.1) is 0 Å². The number of hydrogen-bond donors (Lipinski definition) is 3. The average molecular weight is 562 g/mol. The van der Waals surface area contributed by atoms with E-state index in [1.165, 1.54) is 31.9 Å². The zero-order chi connectivity index (χ0) is 27.6. The number of rotatable bonds is 9. The van der Waals surface area contributed by atoms with E-state index >= 15 is 0 Å². The van der Waals surface area contributed by atoms with Crippen molar-refractivity contribution in [1.29, 1.82) is 0 Å². The van der Waals surface area contributed by atoms with Crippen molar-refractivity contribution in [1.82, 2.24) is 9.71 Å². The molecule has 39 heavy (non-hydrogen) atoms. The average Bonchev–Trinajstić information content (AvgIpc) is 3.70. The molecule has 212 valence electrons. The van der Waals surface area contributed by atoms with Gasteiger partial charge in [0.25, 0.3) is 11.8 Å². The molecule has 0 bridgehead atoms. The van der Waals surface area contributed by atoms with Crippen molar-refractivity contribution in [3.05, 3.63) is 35.9 Å². The van der Waals surface area contributed by atoms with Crippen molar-refractivity contribution in [2.24, 2.45) is 5.41 Å². The molecule has 2 aromatic rings. The van der Waals surface area contributed by atoms with E-state index in [2.05, 4.69) is 19.9 Å². The number of amides is 1. The maximum absolute atomic E-state index is 13.7. The summed E-state index contributed by atoms with van der Waals surface area (Å²) in [5.74, 6) is -1.68. The molecule has 1 aromatic heterocycles. The van der Waals surface area contributed by atoms with Crippen LogP contribution in [0.25, 0.3) is 0 Å². The second kappa shape index (κ2) is 11.5. The van der Waals surface area contributed by atoms with Crippen LogP contribution >= 0.6 is 11.9 Å². The molecule has 8 nitrogen and oxygen atoms in total. The van der Waals surface area contributed by atoms with Gasteiger partial charge in [-0.3, -0.25) is 9.52 Å². The summed E-state index contributed by atoms with van der Waals surface area (Å²) in [6, 6.07) is 9.07. The third-order valence-corrected chi connectivity index (χ3v) is 9.09. The molecule has 3 heterocycles. The van der Waals surface area contributed by atoms with Crippen LogP contribution < -0.4 is 24.6 Å². The van der Waals surface area contributed by atoms with Gasteiger partial charge in [0.15, 0.2) is 11.6 Å². The summed E-state index contributed by atoms with van der Waals surface area (Å²) in [7, 11) is 1.52. The Morgan fingerprint density at radius 2 is 1.77 bits per heavy atom. The van der Waals surface area contributed by atoms with E-state index in [-0.39, 0.29) is 44.5 Å². The topological polar surface area (TPSA) is 90.0 Å². The van der Waals surface area contributed by atoms with Crippen LogP contribution in [0.2, 0.25) is 0 Å². The lowest BCUT2D eigenvalue weighted by Gasteiger charge is -2.35. The minimum absolute atomic E-state index is 0.0330. The van der Waals surface area contributed by atoms with Gasteiger partial charge in [0, 0.05) is 50.0 Å². The minimum Gasteiger partial charge on any atom is -0.493 e. The highest BCUT2D eigenvalue weighted by Crippen LogP contribution is 2.54. The van der Waals surface area contributed by atoms with E-state index in [1.807, 2.05) is 25.1 Å². The van der Waals surface area contributed by atoms with E-state index < -0.39 is 5.92 Å². The molecule has 1 aliphatic carbocycles. The van der Waals surface area contributed by atoms with Crippen LogP contribution in [-0.2, 0) is 0 Å². The van der Waals surface area contributed by atoms with Gasteiger partial charge in [0.1, 0.15) is 5.82 Å². The number of benzene rings is 1. The predicted molar refractivity (Wildman–Crippen MR) is 150 cm³/mol. The number of aliphatic hydroxyl groups is 1. The molecule has 3 fully saturated rings. The van der Waals surface area contributed by atoms with Crippen LogP contribution in [-0.4, -0.2) is 67.9 Å². The third-order valence-electron chi connectivity index (χ3n) is 8.08. The van der Waals surface area contributed by atoms with Gasteiger partial charge in [-0.05, 0) is 80.3 Å². The number of pyridine rings is 1. The molecular weight excluding hydrogens is 524 g/mol. The lowest BCUT2D eigenvalue weighted by Crippen LogP contribution is -2.40. The number of aromatic nitrogens is 1. The van der Waals surface area contributed by atoms with Crippen LogP contribution in [0.1, 0.15) is 55.8 Å². The summed E-state index contributed by atoms with van der Waals surface area (Å²) in [6.45, 7) is 4.07. The minimum atomic E-state index is -2.67. The van der Waals surface area contributed by atoms with Gasteiger partial charge in [-0.1, -0.05) is 0 Å². The van der Waals surface area contributed by atoms with E-state index in [0.29, 0.717) is 28.4 Å². The number of ether oxygens (including phenoxy) is 1. The highest BCUT2D eigenvalue weighted by atomic mass is 32.2. The number of carbonyl (C=O) groups excluding carboxylic acids is 1.